The van der Waals surface area contributed by atoms with Gasteiger partial charge in [0.15, 0.2) is 5.65 Å². The quantitative estimate of drug-likeness (QED) is 0.715. The first-order valence-corrected chi connectivity index (χ1v) is 8.47. The van der Waals surface area contributed by atoms with Crippen molar-refractivity contribution >= 4 is 23.1 Å². The average molecular weight is 343 g/mol. The summed E-state index contributed by atoms with van der Waals surface area (Å²) in [5.41, 5.74) is 4.88. The monoisotopic (exact) mass is 342 g/mol. The second-order valence-electron chi connectivity index (χ2n) is 6.07. The van der Waals surface area contributed by atoms with Crippen molar-refractivity contribution in [2.45, 2.75) is 13.8 Å². The zero-order valence-corrected chi connectivity index (χ0v) is 14.5. The molecule has 4 rings (SSSR count). The molecule has 24 heavy (non-hydrogen) atoms. The molecule has 0 amide bonds. The first kappa shape index (κ1) is 15.4. The topological polar surface area (TPSA) is 42.7 Å². The Hall–Kier alpha value is -2.11. The Morgan fingerprint density at radius 3 is 2.67 bits per heavy atom. The maximum atomic E-state index is 6.15. The van der Waals surface area contributed by atoms with Gasteiger partial charge in [0.1, 0.15) is 5.82 Å². The predicted octanol–water partition coefficient (Wildman–Crippen LogP) is 3.50. The molecule has 0 spiro atoms. The fraction of sp³-hybridized carbons (Fsp3) is 0.333. The van der Waals surface area contributed by atoms with E-state index in [2.05, 4.69) is 17.9 Å². The van der Waals surface area contributed by atoms with Crippen molar-refractivity contribution in [1.29, 1.82) is 0 Å². The van der Waals surface area contributed by atoms with Crippen LogP contribution in [0.3, 0.4) is 0 Å². The van der Waals surface area contributed by atoms with Crippen LogP contribution in [0.5, 0.6) is 0 Å². The lowest BCUT2D eigenvalue weighted by Crippen LogP contribution is -2.37. The van der Waals surface area contributed by atoms with Crippen molar-refractivity contribution in [2.24, 2.45) is 0 Å². The lowest BCUT2D eigenvalue weighted by atomic mass is 10.1. The number of aryl methyl sites for hydroxylation is 2. The second kappa shape index (κ2) is 6.07. The molecule has 0 saturated carbocycles. The highest BCUT2D eigenvalue weighted by Gasteiger charge is 2.20. The van der Waals surface area contributed by atoms with Gasteiger partial charge in [0, 0.05) is 41.0 Å². The molecule has 3 heterocycles. The molecule has 1 aliphatic heterocycles. The lowest BCUT2D eigenvalue weighted by Gasteiger charge is -2.29. The van der Waals surface area contributed by atoms with Crippen molar-refractivity contribution in [2.75, 3.05) is 31.2 Å². The maximum Gasteiger partial charge on any atom is 0.161 e. The van der Waals surface area contributed by atoms with E-state index >= 15 is 0 Å². The largest absolute Gasteiger partial charge is 0.378 e. The SMILES string of the molecule is Cc1cc(N2CCOCC2)n2nc(-c3cccc(Cl)c3)c(C)c2n1. The molecular weight excluding hydrogens is 324 g/mol. The molecule has 1 aromatic carbocycles. The summed E-state index contributed by atoms with van der Waals surface area (Å²) in [4.78, 5) is 7.01. The maximum absolute atomic E-state index is 6.15. The smallest absolute Gasteiger partial charge is 0.161 e. The fourth-order valence-corrected chi connectivity index (χ4v) is 3.34. The van der Waals surface area contributed by atoms with Gasteiger partial charge in [-0.15, -0.1) is 0 Å². The number of ether oxygens (including phenoxy) is 1. The summed E-state index contributed by atoms with van der Waals surface area (Å²) >= 11 is 6.15. The number of hydrogen-bond donors (Lipinski definition) is 0. The molecule has 0 aliphatic carbocycles. The molecule has 1 saturated heterocycles. The van der Waals surface area contributed by atoms with E-state index in [0.29, 0.717) is 5.02 Å². The van der Waals surface area contributed by atoms with Gasteiger partial charge < -0.3 is 9.64 Å². The van der Waals surface area contributed by atoms with Gasteiger partial charge in [-0.2, -0.15) is 9.61 Å². The minimum Gasteiger partial charge on any atom is -0.378 e. The molecule has 124 valence electrons. The van der Waals surface area contributed by atoms with Crippen LogP contribution in [0.2, 0.25) is 5.02 Å². The molecule has 3 aromatic rings. The highest BCUT2D eigenvalue weighted by atomic mass is 35.5. The van der Waals surface area contributed by atoms with Gasteiger partial charge in [0.05, 0.1) is 18.9 Å². The number of hydrogen-bond acceptors (Lipinski definition) is 4. The average Bonchev–Trinajstić information content (AvgIpc) is 2.92. The van der Waals surface area contributed by atoms with Crippen LogP contribution in [0, 0.1) is 13.8 Å². The minimum atomic E-state index is 0.710. The van der Waals surface area contributed by atoms with Crippen molar-refractivity contribution in [3.8, 4) is 11.3 Å². The van der Waals surface area contributed by atoms with Crippen LogP contribution >= 0.6 is 11.6 Å². The number of fused-ring (bicyclic) bond motifs is 1. The molecule has 0 bridgehead atoms. The van der Waals surface area contributed by atoms with E-state index < -0.39 is 0 Å². The van der Waals surface area contributed by atoms with Crippen LogP contribution in [0.4, 0.5) is 5.82 Å². The molecule has 5 nitrogen and oxygen atoms in total. The standard InChI is InChI=1S/C18H19ClN4O/c1-12-10-16(22-6-8-24-9-7-22)23-18(20-12)13(2)17(21-23)14-4-3-5-15(19)11-14/h3-5,10-11H,6-9H2,1-2H3. The van der Waals surface area contributed by atoms with Crippen LogP contribution in [0.25, 0.3) is 16.9 Å². The first-order chi connectivity index (χ1) is 11.6. The van der Waals surface area contributed by atoms with E-state index in [1.165, 1.54) is 0 Å². The lowest BCUT2D eigenvalue weighted by molar-refractivity contribution is 0.122. The Bertz CT molecular complexity index is 899. The molecule has 0 N–H and O–H groups in total. The van der Waals surface area contributed by atoms with Crippen LogP contribution in [0.1, 0.15) is 11.3 Å². The Morgan fingerprint density at radius 2 is 1.92 bits per heavy atom. The van der Waals surface area contributed by atoms with E-state index in [-0.39, 0.29) is 0 Å². The summed E-state index contributed by atoms with van der Waals surface area (Å²) in [5.74, 6) is 1.07. The van der Waals surface area contributed by atoms with Gasteiger partial charge >= 0.3 is 0 Å². The number of halogens is 1. The van der Waals surface area contributed by atoms with E-state index in [9.17, 15) is 0 Å². The summed E-state index contributed by atoms with van der Waals surface area (Å²) in [7, 11) is 0. The third-order valence-corrected chi connectivity index (χ3v) is 4.60. The number of morpholine rings is 1. The molecule has 1 fully saturated rings. The summed E-state index contributed by atoms with van der Waals surface area (Å²) in [6, 6.07) is 9.88. The number of anilines is 1. The van der Waals surface area contributed by atoms with Crippen molar-refractivity contribution in [3.63, 3.8) is 0 Å². The fourth-order valence-electron chi connectivity index (χ4n) is 3.15. The number of rotatable bonds is 2. The van der Waals surface area contributed by atoms with Crippen LogP contribution in [-0.4, -0.2) is 40.9 Å². The Kier molecular flexibility index (Phi) is 3.90. The van der Waals surface area contributed by atoms with Gasteiger partial charge in [-0.25, -0.2) is 4.98 Å². The number of aromatic nitrogens is 3. The minimum absolute atomic E-state index is 0.710. The van der Waals surface area contributed by atoms with Gasteiger partial charge in [-0.1, -0.05) is 23.7 Å². The molecular formula is C18H19ClN4O. The molecule has 0 atom stereocenters. The van der Waals surface area contributed by atoms with Crippen molar-refractivity contribution in [1.82, 2.24) is 14.6 Å². The van der Waals surface area contributed by atoms with Crippen molar-refractivity contribution < 1.29 is 4.74 Å². The molecule has 2 aromatic heterocycles. The summed E-state index contributed by atoms with van der Waals surface area (Å²) < 4.78 is 7.42. The van der Waals surface area contributed by atoms with E-state index in [1.807, 2.05) is 35.7 Å². The third-order valence-electron chi connectivity index (χ3n) is 4.36. The normalized spacial score (nSPS) is 15.2. The molecule has 6 heteroatoms. The summed E-state index contributed by atoms with van der Waals surface area (Å²) in [6.07, 6.45) is 0. The molecule has 1 aliphatic rings. The zero-order chi connectivity index (χ0) is 16.7. The molecule has 0 unspecified atom stereocenters. The van der Waals surface area contributed by atoms with Gasteiger partial charge in [-0.05, 0) is 26.0 Å². The highest BCUT2D eigenvalue weighted by molar-refractivity contribution is 6.30. The Morgan fingerprint density at radius 1 is 1.12 bits per heavy atom. The Balaban J connectivity index is 1.91. The van der Waals surface area contributed by atoms with E-state index in [0.717, 1.165) is 60.3 Å². The predicted molar refractivity (Wildman–Crippen MR) is 95.9 cm³/mol. The highest BCUT2D eigenvalue weighted by Crippen LogP contribution is 2.29. The van der Waals surface area contributed by atoms with Crippen LogP contribution in [0.15, 0.2) is 30.3 Å². The number of benzene rings is 1. The van der Waals surface area contributed by atoms with Crippen molar-refractivity contribution in [3.05, 3.63) is 46.6 Å². The van der Waals surface area contributed by atoms with E-state index in [4.69, 9.17) is 26.4 Å². The van der Waals surface area contributed by atoms with Gasteiger partial charge in [-0.3, -0.25) is 0 Å². The first-order valence-electron chi connectivity index (χ1n) is 8.09. The van der Waals surface area contributed by atoms with Gasteiger partial charge in [0.2, 0.25) is 0 Å². The number of nitrogens with zero attached hydrogens (tertiary/aromatic N) is 4. The second-order valence-corrected chi connectivity index (χ2v) is 6.51. The van der Waals surface area contributed by atoms with Crippen LogP contribution < -0.4 is 4.90 Å². The van der Waals surface area contributed by atoms with Crippen LogP contribution in [-0.2, 0) is 4.74 Å². The van der Waals surface area contributed by atoms with Gasteiger partial charge in [0.25, 0.3) is 0 Å². The summed E-state index contributed by atoms with van der Waals surface area (Å²) in [5, 5.41) is 5.56. The third kappa shape index (κ3) is 2.64. The molecule has 0 radical (unpaired) electrons. The zero-order valence-electron chi connectivity index (χ0n) is 13.8. The summed E-state index contributed by atoms with van der Waals surface area (Å²) in [6.45, 7) is 7.30. The Labute approximate surface area is 145 Å². The van der Waals surface area contributed by atoms with E-state index in [1.54, 1.807) is 0 Å².